The summed E-state index contributed by atoms with van der Waals surface area (Å²) in [5, 5.41) is 17.1. The standard InChI is InChI=1S/C9H9N2O2/c10-7-1-3-8(4-2-7)11-6-13-5-9(11)12/h1-4,6,10,12H,5H2/q-1. The van der Waals surface area contributed by atoms with Crippen molar-refractivity contribution in [2.45, 2.75) is 0 Å². The van der Waals surface area contributed by atoms with Gasteiger partial charge in [-0.05, 0) is 0 Å². The van der Waals surface area contributed by atoms with Crippen LogP contribution in [0.4, 0.5) is 5.69 Å². The maximum atomic E-state index is 9.35. The summed E-state index contributed by atoms with van der Waals surface area (Å²) in [6.07, 6.45) is 0. The van der Waals surface area contributed by atoms with Gasteiger partial charge in [0.05, 0.1) is 5.69 Å². The second-order valence-corrected chi connectivity index (χ2v) is 2.75. The van der Waals surface area contributed by atoms with Gasteiger partial charge in [-0.25, -0.2) is 0 Å². The van der Waals surface area contributed by atoms with Crippen LogP contribution in [0.15, 0.2) is 24.3 Å². The van der Waals surface area contributed by atoms with Gasteiger partial charge >= 0.3 is 0 Å². The number of ether oxygens (including phenoxy) is 1. The van der Waals surface area contributed by atoms with Gasteiger partial charge in [0.2, 0.25) is 5.90 Å². The molecule has 1 aromatic carbocycles. The molecule has 0 radical (unpaired) electrons. The smallest absolute Gasteiger partial charge is 0.240 e. The zero-order chi connectivity index (χ0) is 9.26. The Labute approximate surface area is 75.2 Å². The normalized spacial score (nSPS) is 16.0. The Morgan fingerprint density at radius 1 is 1.54 bits per heavy atom. The number of hydrogen-bond donors (Lipinski definition) is 2. The highest BCUT2D eigenvalue weighted by molar-refractivity contribution is 5.72. The number of aliphatic hydroxyl groups is 1. The van der Waals surface area contributed by atoms with Gasteiger partial charge in [-0.2, -0.15) is 12.1 Å². The van der Waals surface area contributed by atoms with Crippen LogP contribution in [0.25, 0.3) is 0 Å². The maximum Gasteiger partial charge on any atom is 0.240 e. The minimum absolute atomic E-state index is 0.165. The molecule has 2 rings (SSSR count). The predicted octanol–water partition coefficient (Wildman–Crippen LogP) is 0.635. The monoisotopic (exact) mass is 177 g/mol. The van der Waals surface area contributed by atoms with Gasteiger partial charge in [0, 0.05) is 0 Å². The molecule has 0 atom stereocenters. The molecule has 13 heavy (non-hydrogen) atoms. The van der Waals surface area contributed by atoms with Gasteiger partial charge in [0.1, 0.15) is 6.61 Å². The van der Waals surface area contributed by atoms with Crippen molar-refractivity contribution < 1.29 is 14.4 Å². The molecule has 4 heteroatoms. The second-order valence-electron chi connectivity index (χ2n) is 2.75. The number of nitrogens with one attached hydrogen (secondary N) is 1. The number of benzene rings is 1. The molecule has 1 aliphatic heterocycles. The summed E-state index contributed by atoms with van der Waals surface area (Å²) in [6.45, 7) is 1.66. The lowest BCUT2D eigenvalue weighted by molar-refractivity contribution is -0.424. The lowest BCUT2D eigenvalue weighted by Gasteiger charge is -2.08. The molecule has 2 N–H and O–H groups in total. The maximum absolute atomic E-state index is 9.35. The van der Waals surface area contributed by atoms with E-state index in [4.69, 9.17) is 10.1 Å². The highest BCUT2D eigenvalue weighted by atomic mass is 16.5. The topological polar surface area (TPSA) is 56.3 Å². The van der Waals surface area contributed by atoms with Crippen LogP contribution in [0.2, 0.25) is 0 Å². The summed E-state index contributed by atoms with van der Waals surface area (Å²) < 4.78 is 6.46. The van der Waals surface area contributed by atoms with E-state index in [-0.39, 0.29) is 12.5 Å². The van der Waals surface area contributed by atoms with Crippen molar-refractivity contribution in [1.82, 2.24) is 0 Å². The van der Waals surface area contributed by atoms with Crippen LogP contribution in [-0.2, 0) is 4.74 Å². The van der Waals surface area contributed by atoms with Crippen molar-refractivity contribution in [3.05, 3.63) is 36.4 Å². The number of nitrogens with zero attached hydrogens (tertiary/aromatic N) is 1. The van der Waals surface area contributed by atoms with E-state index in [9.17, 15) is 5.11 Å². The molecule has 1 aliphatic rings. The first-order chi connectivity index (χ1) is 6.27. The fourth-order valence-electron chi connectivity index (χ4n) is 1.15. The Kier molecular flexibility index (Phi) is 1.83. The molecule has 68 valence electrons. The van der Waals surface area contributed by atoms with E-state index in [0.717, 1.165) is 5.69 Å². The van der Waals surface area contributed by atoms with E-state index in [1.54, 1.807) is 28.8 Å². The number of aliphatic hydroxyl groups excluding tert-OH is 1. The van der Waals surface area contributed by atoms with Crippen molar-refractivity contribution in [2.75, 3.05) is 6.61 Å². The molecular formula is C9H9N2O2-. The number of rotatable bonds is 1. The lowest BCUT2D eigenvalue weighted by atomic mass is 10.3. The average molecular weight is 177 g/mol. The van der Waals surface area contributed by atoms with Crippen LogP contribution in [0.3, 0.4) is 0 Å². The quantitative estimate of drug-likeness (QED) is 0.488. The Hall–Kier alpha value is -1.68. The summed E-state index contributed by atoms with van der Waals surface area (Å²) in [5.74, 6) is 0.165. The van der Waals surface area contributed by atoms with Crippen LogP contribution >= 0.6 is 0 Å². The highest BCUT2D eigenvalue weighted by Gasteiger charge is 2.11. The van der Waals surface area contributed by atoms with Gasteiger partial charge in [-0.3, -0.25) is 0 Å². The fourth-order valence-corrected chi connectivity index (χ4v) is 1.15. The Morgan fingerprint density at radius 2 is 2.23 bits per heavy atom. The molecule has 0 aliphatic carbocycles. The molecular weight excluding hydrogens is 168 g/mol. The largest absolute Gasteiger partial charge is 0.530 e. The van der Waals surface area contributed by atoms with Crippen molar-refractivity contribution in [1.29, 1.82) is 5.41 Å². The van der Waals surface area contributed by atoms with E-state index in [1.165, 1.54) is 6.73 Å². The zero-order valence-electron chi connectivity index (χ0n) is 6.90. The third-order valence-corrected chi connectivity index (χ3v) is 1.82. The fraction of sp³-hybridized carbons (Fsp3) is 0.111. The van der Waals surface area contributed by atoms with E-state index in [0.29, 0.717) is 5.36 Å². The van der Waals surface area contributed by atoms with E-state index in [2.05, 4.69) is 0 Å². The van der Waals surface area contributed by atoms with Crippen LogP contribution in [0.5, 0.6) is 0 Å². The molecule has 0 spiro atoms. The minimum atomic E-state index is 0.165. The van der Waals surface area contributed by atoms with Gasteiger partial charge in [-0.1, -0.05) is 5.36 Å². The molecule has 4 nitrogen and oxygen atoms in total. The minimum Gasteiger partial charge on any atom is -0.530 e. The third-order valence-electron chi connectivity index (χ3n) is 1.82. The summed E-state index contributed by atoms with van der Waals surface area (Å²) in [5.41, 5.74) is 0.797. The van der Waals surface area contributed by atoms with Crippen molar-refractivity contribution >= 4 is 11.6 Å². The molecule has 1 aromatic rings. The van der Waals surface area contributed by atoms with Crippen molar-refractivity contribution in [3.8, 4) is 0 Å². The first-order valence-electron chi connectivity index (χ1n) is 3.88. The van der Waals surface area contributed by atoms with Crippen molar-refractivity contribution in [3.63, 3.8) is 0 Å². The molecule has 0 amide bonds. The van der Waals surface area contributed by atoms with Crippen molar-refractivity contribution in [2.24, 2.45) is 0 Å². The van der Waals surface area contributed by atoms with Crippen LogP contribution < -0.4 is 5.36 Å². The van der Waals surface area contributed by atoms with Gasteiger partial charge in [0.25, 0.3) is 0 Å². The molecule has 1 heterocycles. The van der Waals surface area contributed by atoms with Gasteiger partial charge in [0.15, 0.2) is 6.73 Å². The SMILES string of the molecule is N=c1cc[c-]([N+]2=C(O)CO[CH-]2)cc1. The second kappa shape index (κ2) is 2.99. The van der Waals surface area contributed by atoms with E-state index >= 15 is 0 Å². The Morgan fingerprint density at radius 3 is 2.77 bits per heavy atom. The molecule has 0 saturated heterocycles. The molecule has 0 bridgehead atoms. The summed E-state index contributed by atoms with van der Waals surface area (Å²) in [7, 11) is 0. The molecule has 0 fully saturated rings. The number of hydrogen-bond acceptors (Lipinski definition) is 2. The van der Waals surface area contributed by atoms with E-state index in [1.807, 2.05) is 0 Å². The first kappa shape index (κ1) is 7.94. The predicted molar refractivity (Wildman–Crippen MR) is 45.7 cm³/mol. The van der Waals surface area contributed by atoms with E-state index < -0.39 is 0 Å². The van der Waals surface area contributed by atoms with Crippen LogP contribution in [-0.4, -0.2) is 22.2 Å². The summed E-state index contributed by atoms with van der Waals surface area (Å²) in [6, 6.07) is 6.83. The Balaban J connectivity index is 2.41. The van der Waals surface area contributed by atoms with Gasteiger partial charge < -0.3 is 19.8 Å². The molecule has 0 saturated carbocycles. The lowest BCUT2D eigenvalue weighted by Crippen LogP contribution is -2.09. The summed E-state index contributed by atoms with van der Waals surface area (Å²) in [4.78, 5) is 0. The highest BCUT2D eigenvalue weighted by Crippen LogP contribution is 2.14. The third kappa shape index (κ3) is 1.43. The Bertz CT molecular complexity index is 386. The van der Waals surface area contributed by atoms with Crippen LogP contribution in [0.1, 0.15) is 0 Å². The molecule has 0 aromatic heterocycles. The average Bonchev–Trinajstić information content (AvgIpc) is 2.53. The molecule has 0 unspecified atom stereocenters. The first-order valence-corrected chi connectivity index (χ1v) is 3.88. The van der Waals surface area contributed by atoms with Gasteiger partial charge in [-0.15, -0.1) is 12.1 Å². The zero-order valence-corrected chi connectivity index (χ0v) is 6.90. The summed E-state index contributed by atoms with van der Waals surface area (Å²) >= 11 is 0. The van der Waals surface area contributed by atoms with Crippen LogP contribution in [0, 0.1) is 12.1 Å².